The predicted octanol–water partition coefficient (Wildman–Crippen LogP) is 2.53. The van der Waals surface area contributed by atoms with E-state index in [9.17, 15) is 19.1 Å². The Bertz CT molecular complexity index is 835. The molecule has 0 aliphatic heterocycles. The molecule has 2 aromatic rings. The minimum absolute atomic E-state index is 0.141. The van der Waals surface area contributed by atoms with E-state index >= 15 is 0 Å². The van der Waals surface area contributed by atoms with Gasteiger partial charge in [-0.15, -0.1) is 11.3 Å². The Morgan fingerprint density at radius 1 is 1.31 bits per heavy atom. The number of Topliss-reactive ketones (excluding diaryl/α,β-unsaturated/α-hetero) is 1. The number of nitrogens with one attached hydrogen (secondary N) is 2. The Morgan fingerprint density at radius 3 is 2.58 bits per heavy atom. The second-order valence-corrected chi connectivity index (χ2v) is 6.99. The van der Waals surface area contributed by atoms with Crippen LogP contribution in [0.25, 0.3) is 0 Å². The average molecular weight is 380 g/mol. The summed E-state index contributed by atoms with van der Waals surface area (Å²) in [4.78, 5) is 24.8. The molecule has 8 heteroatoms. The highest BCUT2D eigenvalue weighted by Gasteiger charge is 2.24. The molecule has 0 bridgehead atoms. The number of anilines is 2. The van der Waals surface area contributed by atoms with Crippen LogP contribution in [0.2, 0.25) is 0 Å². The summed E-state index contributed by atoms with van der Waals surface area (Å²) in [6.45, 7) is 4.18. The predicted molar refractivity (Wildman–Crippen MR) is 98.9 cm³/mol. The average Bonchev–Trinajstić information content (AvgIpc) is 2.91. The summed E-state index contributed by atoms with van der Waals surface area (Å²) < 4.78 is 14.1. The molecule has 1 aromatic carbocycles. The van der Waals surface area contributed by atoms with Gasteiger partial charge in [0.1, 0.15) is 10.8 Å². The molecule has 0 aliphatic rings. The highest BCUT2D eigenvalue weighted by molar-refractivity contribution is 7.18. The first-order chi connectivity index (χ1) is 12.2. The van der Waals surface area contributed by atoms with Crippen LogP contribution in [-0.4, -0.2) is 41.2 Å². The highest BCUT2D eigenvalue weighted by Crippen LogP contribution is 2.36. The standard InChI is InChI=1S/C18H21FN2O4S/c1-9-4-5-14(13(19)6-9)21-18-15(10(2)16(26-18)11(3)23)17(25)20-7-12(24)8-22/h4-6,12,21-22,24H,7-8H2,1-3H3,(H,20,25)/t12-/m1/s1. The largest absolute Gasteiger partial charge is 0.394 e. The van der Waals surface area contributed by atoms with Crippen molar-refractivity contribution in [3.63, 3.8) is 0 Å². The molecule has 0 unspecified atom stereocenters. The van der Waals surface area contributed by atoms with Crippen LogP contribution in [0.3, 0.4) is 0 Å². The number of halogens is 1. The third kappa shape index (κ3) is 4.46. The van der Waals surface area contributed by atoms with Crippen LogP contribution in [0, 0.1) is 19.7 Å². The Hall–Kier alpha value is -2.29. The summed E-state index contributed by atoms with van der Waals surface area (Å²) in [6.07, 6.45) is -1.09. The van der Waals surface area contributed by atoms with Crippen molar-refractivity contribution in [3.8, 4) is 0 Å². The number of hydrogen-bond acceptors (Lipinski definition) is 6. The van der Waals surface area contributed by atoms with E-state index in [1.165, 1.54) is 13.0 Å². The summed E-state index contributed by atoms with van der Waals surface area (Å²) in [5.74, 6) is -1.19. The Labute approximate surface area is 154 Å². The number of benzene rings is 1. The van der Waals surface area contributed by atoms with E-state index in [4.69, 9.17) is 5.11 Å². The van der Waals surface area contributed by atoms with Crippen molar-refractivity contribution < 1.29 is 24.2 Å². The zero-order valence-electron chi connectivity index (χ0n) is 14.7. The van der Waals surface area contributed by atoms with Crippen molar-refractivity contribution in [1.29, 1.82) is 0 Å². The maximum Gasteiger partial charge on any atom is 0.254 e. The van der Waals surface area contributed by atoms with Crippen LogP contribution in [0.1, 0.15) is 38.1 Å². The minimum atomic E-state index is -1.09. The van der Waals surface area contributed by atoms with E-state index in [-0.39, 0.29) is 23.6 Å². The van der Waals surface area contributed by atoms with E-state index in [2.05, 4.69) is 10.6 Å². The van der Waals surface area contributed by atoms with Gasteiger partial charge in [0, 0.05) is 6.54 Å². The molecule has 1 amide bonds. The van der Waals surface area contributed by atoms with Gasteiger partial charge in [-0.2, -0.15) is 0 Å². The van der Waals surface area contributed by atoms with E-state index < -0.39 is 24.4 Å². The number of carbonyl (C=O) groups is 2. The van der Waals surface area contributed by atoms with E-state index in [0.29, 0.717) is 15.4 Å². The fourth-order valence-electron chi connectivity index (χ4n) is 2.42. The smallest absolute Gasteiger partial charge is 0.254 e. The van der Waals surface area contributed by atoms with Crippen LogP contribution < -0.4 is 10.6 Å². The fraction of sp³-hybridized carbons (Fsp3) is 0.333. The van der Waals surface area contributed by atoms with Crippen molar-refractivity contribution in [2.75, 3.05) is 18.5 Å². The maximum atomic E-state index is 14.1. The Balaban J connectivity index is 2.39. The molecule has 26 heavy (non-hydrogen) atoms. The first-order valence-corrected chi connectivity index (χ1v) is 8.80. The third-order valence-electron chi connectivity index (χ3n) is 3.78. The molecule has 6 nitrogen and oxygen atoms in total. The number of thiophene rings is 1. The van der Waals surface area contributed by atoms with Gasteiger partial charge in [-0.05, 0) is 44.0 Å². The van der Waals surface area contributed by atoms with Crippen LogP contribution in [-0.2, 0) is 0 Å². The lowest BCUT2D eigenvalue weighted by Gasteiger charge is -2.12. The molecule has 4 N–H and O–H groups in total. The first-order valence-electron chi connectivity index (χ1n) is 7.99. The lowest BCUT2D eigenvalue weighted by molar-refractivity contribution is 0.0802. The number of ketones is 1. The third-order valence-corrected chi connectivity index (χ3v) is 5.08. The molecule has 1 atom stereocenters. The van der Waals surface area contributed by atoms with Gasteiger partial charge >= 0.3 is 0 Å². The fourth-order valence-corrected chi connectivity index (χ4v) is 3.53. The van der Waals surface area contributed by atoms with Crippen molar-refractivity contribution in [3.05, 3.63) is 45.6 Å². The normalized spacial score (nSPS) is 11.9. The Kier molecular flexibility index (Phi) is 6.47. The summed E-state index contributed by atoms with van der Waals surface area (Å²) >= 11 is 1.07. The number of aryl methyl sites for hydroxylation is 1. The van der Waals surface area contributed by atoms with Crippen molar-refractivity contribution >= 4 is 33.7 Å². The van der Waals surface area contributed by atoms with Crippen LogP contribution in [0.5, 0.6) is 0 Å². The molecular formula is C18H21FN2O4S. The number of aliphatic hydroxyl groups excluding tert-OH is 2. The molecule has 2 rings (SSSR count). The molecule has 140 valence electrons. The van der Waals surface area contributed by atoms with Crippen LogP contribution in [0.4, 0.5) is 15.1 Å². The van der Waals surface area contributed by atoms with Gasteiger partial charge in [0.2, 0.25) is 0 Å². The number of hydrogen-bond donors (Lipinski definition) is 4. The number of rotatable bonds is 7. The molecule has 1 heterocycles. The lowest BCUT2D eigenvalue weighted by Crippen LogP contribution is -2.34. The number of aliphatic hydroxyl groups is 2. The van der Waals surface area contributed by atoms with Crippen LogP contribution in [0.15, 0.2) is 18.2 Å². The van der Waals surface area contributed by atoms with Gasteiger partial charge in [-0.3, -0.25) is 9.59 Å². The molecule has 0 saturated carbocycles. The first kappa shape index (κ1) is 20.0. The zero-order valence-corrected chi connectivity index (χ0v) is 15.5. The van der Waals surface area contributed by atoms with Gasteiger partial charge < -0.3 is 20.8 Å². The lowest BCUT2D eigenvalue weighted by atomic mass is 10.1. The zero-order chi connectivity index (χ0) is 19.4. The van der Waals surface area contributed by atoms with E-state index in [1.807, 2.05) is 0 Å². The van der Waals surface area contributed by atoms with Crippen LogP contribution >= 0.6 is 11.3 Å². The van der Waals surface area contributed by atoms with E-state index in [1.54, 1.807) is 26.0 Å². The number of amides is 1. The molecular weight excluding hydrogens is 359 g/mol. The van der Waals surface area contributed by atoms with Crippen molar-refractivity contribution in [2.45, 2.75) is 26.9 Å². The number of carbonyl (C=O) groups excluding carboxylic acids is 2. The minimum Gasteiger partial charge on any atom is -0.394 e. The van der Waals surface area contributed by atoms with Crippen molar-refractivity contribution in [2.24, 2.45) is 0 Å². The highest BCUT2D eigenvalue weighted by atomic mass is 32.1. The summed E-state index contributed by atoms with van der Waals surface area (Å²) in [5, 5.41) is 24.0. The molecule has 1 aromatic heterocycles. The SMILES string of the molecule is CC(=O)c1sc(Nc2ccc(C)cc2F)c(C(=O)NC[C@@H](O)CO)c1C. The van der Waals surface area contributed by atoms with Gasteiger partial charge in [0.15, 0.2) is 5.78 Å². The monoisotopic (exact) mass is 380 g/mol. The van der Waals surface area contributed by atoms with E-state index in [0.717, 1.165) is 16.9 Å². The molecule has 0 saturated heterocycles. The second kappa shape index (κ2) is 8.39. The van der Waals surface area contributed by atoms with Gasteiger partial charge in [0.05, 0.1) is 28.8 Å². The van der Waals surface area contributed by atoms with Crippen molar-refractivity contribution in [1.82, 2.24) is 5.32 Å². The summed E-state index contributed by atoms with van der Waals surface area (Å²) in [5.41, 5.74) is 1.64. The summed E-state index contributed by atoms with van der Waals surface area (Å²) in [6, 6.07) is 4.66. The van der Waals surface area contributed by atoms with Gasteiger partial charge in [-0.25, -0.2) is 4.39 Å². The topological polar surface area (TPSA) is 98.7 Å². The molecule has 0 aliphatic carbocycles. The van der Waals surface area contributed by atoms with Gasteiger partial charge in [0.25, 0.3) is 5.91 Å². The quantitative estimate of drug-likeness (QED) is 0.554. The summed E-state index contributed by atoms with van der Waals surface area (Å²) in [7, 11) is 0. The second-order valence-electron chi connectivity index (χ2n) is 5.97. The molecule has 0 fully saturated rings. The maximum absolute atomic E-state index is 14.1. The van der Waals surface area contributed by atoms with Gasteiger partial charge in [-0.1, -0.05) is 6.07 Å². The molecule has 0 radical (unpaired) electrons. The Morgan fingerprint density at radius 2 is 2.00 bits per heavy atom. The molecule has 0 spiro atoms.